The Kier molecular flexibility index (Phi) is 10.7. The molecule has 55 heavy (non-hydrogen) atoms. The third-order valence-corrected chi connectivity index (χ3v) is 16.1. The van der Waals surface area contributed by atoms with Crippen LogP contribution in [0, 0.1) is 50.2 Å². The summed E-state index contributed by atoms with van der Waals surface area (Å²) in [6, 6.07) is 0. The fourth-order valence-electron chi connectivity index (χ4n) is 13.2. The summed E-state index contributed by atoms with van der Waals surface area (Å²) in [7, 11) is 1.17. The Morgan fingerprint density at radius 1 is 0.745 bits per heavy atom. The van der Waals surface area contributed by atoms with Crippen LogP contribution in [0.25, 0.3) is 0 Å². The lowest BCUT2D eigenvalue weighted by Crippen LogP contribution is -2.67. The normalized spacial score (nSPS) is 44.1. The second kappa shape index (κ2) is 14.1. The lowest BCUT2D eigenvalue weighted by atomic mass is 9.33. The van der Waals surface area contributed by atoms with Gasteiger partial charge < -0.3 is 33.5 Å². The molecule has 4 saturated carbocycles. The summed E-state index contributed by atoms with van der Waals surface area (Å²) in [6.07, 6.45) is 3.53. The molecule has 12 nitrogen and oxygen atoms in total. The molecule has 6 rings (SSSR count). The summed E-state index contributed by atoms with van der Waals surface area (Å²) in [6.45, 7) is 19.9. The highest BCUT2D eigenvalue weighted by molar-refractivity contribution is 5.77. The summed E-state index contributed by atoms with van der Waals surface area (Å²) >= 11 is 0. The van der Waals surface area contributed by atoms with E-state index in [0.717, 1.165) is 58.3 Å². The third-order valence-electron chi connectivity index (χ3n) is 16.1. The number of allylic oxidation sites excluding steroid dienone is 2. The van der Waals surface area contributed by atoms with Crippen molar-refractivity contribution in [2.45, 2.75) is 170 Å². The Morgan fingerprint density at radius 3 is 1.95 bits per heavy atom. The van der Waals surface area contributed by atoms with Crippen LogP contribution in [0.1, 0.15) is 133 Å². The number of carbonyl (C=O) groups excluding carboxylic acids is 4. The largest absolute Gasteiger partial charge is 0.481 e. The highest BCUT2D eigenvalue weighted by Gasteiger charge is 2.70. The van der Waals surface area contributed by atoms with Gasteiger partial charge in [-0.25, -0.2) is 4.79 Å². The van der Waals surface area contributed by atoms with Gasteiger partial charge in [-0.2, -0.15) is 0 Å². The van der Waals surface area contributed by atoms with Crippen molar-refractivity contribution in [2.24, 2.45) is 50.2 Å². The van der Waals surface area contributed by atoms with Gasteiger partial charge in [0.15, 0.2) is 30.7 Å². The van der Waals surface area contributed by atoms with Crippen molar-refractivity contribution < 1.29 is 57.5 Å². The van der Waals surface area contributed by atoms with Crippen LogP contribution in [0.15, 0.2) is 11.6 Å². The van der Waals surface area contributed by atoms with Crippen LogP contribution in [0.4, 0.5) is 0 Å². The first-order valence-corrected chi connectivity index (χ1v) is 20.3. The minimum Gasteiger partial charge on any atom is -0.481 e. The molecule has 1 saturated heterocycles. The Balaban J connectivity index is 1.31. The smallest absolute Gasteiger partial charge is 0.339 e. The van der Waals surface area contributed by atoms with Crippen LogP contribution >= 0.6 is 0 Å². The van der Waals surface area contributed by atoms with Crippen molar-refractivity contribution in [1.29, 1.82) is 0 Å². The average molecular weight is 773 g/mol. The second-order valence-corrected chi connectivity index (χ2v) is 19.8. The molecule has 12 heteroatoms. The Bertz CT molecular complexity index is 1620. The molecule has 0 aromatic carbocycles. The van der Waals surface area contributed by atoms with Crippen molar-refractivity contribution in [3.05, 3.63) is 11.6 Å². The molecule has 6 aliphatic rings. The van der Waals surface area contributed by atoms with E-state index in [4.69, 9.17) is 28.4 Å². The topological polar surface area (TPSA) is 161 Å². The maximum absolute atomic E-state index is 13.1. The first kappa shape index (κ1) is 41.6. The zero-order valence-corrected chi connectivity index (χ0v) is 34.8. The van der Waals surface area contributed by atoms with E-state index >= 15 is 0 Å². The van der Waals surface area contributed by atoms with Crippen molar-refractivity contribution >= 4 is 29.8 Å². The van der Waals surface area contributed by atoms with Gasteiger partial charge >= 0.3 is 29.8 Å². The zero-order valence-electron chi connectivity index (χ0n) is 34.8. The summed E-state index contributed by atoms with van der Waals surface area (Å²) in [5, 5.41) is 10.7. The first-order chi connectivity index (χ1) is 25.5. The van der Waals surface area contributed by atoms with Gasteiger partial charge in [-0.3, -0.25) is 19.2 Å². The molecule has 5 aliphatic carbocycles. The number of carboxylic acids is 1. The van der Waals surface area contributed by atoms with Gasteiger partial charge in [0, 0.05) is 20.8 Å². The molecule has 0 aromatic rings. The number of esters is 4. The van der Waals surface area contributed by atoms with Gasteiger partial charge in [-0.05, 0) is 109 Å². The van der Waals surface area contributed by atoms with Crippen LogP contribution in [0.3, 0.4) is 0 Å². The standard InChI is InChI=1S/C43H64O12/c1-23(44)51-31-32(52-24(2)45)34(53-25(3)46)36(55-33(31)35(47)50-11)54-30-15-16-40(8)28(39(30,6)7)14-17-42(10)29(40)13-12-26-27-22-38(4,5)18-20-43(27,37(48)49)21-19-41(26,42)9/h12,27-34,36H,13-22H2,1-11H3,(H,48,49)/t27-,28-,29+,30-,31-,32-,33-,34+,36?,40-,41+,42+,43-/m0/s1. The van der Waals surface area contributed by atoms with Gasteiger partial charge in [0.05, 0.1) is 18.6 Å². The van der Waals surface area contributed by atoms with Crippen LogP contribution in [-0.2, 0) is 52.4 Å². The monoisotopic (exact) mass is 772 g/mol. The highest BCUT2D eigenvalue weighted by atomic mass is 16.7. The fourth-order valence-corrected chi connectivity index (χ4v) is 13.2. The minimum absolute atomic E-state index is 0.0258. The van der Waals surface area contributed by atoms with E-state index in [1.165, 1.54) is 26.5 Å². The van der Waals surface area contributed by atoms with E-state index in [0.29, 0.717) is 18.8 Å². The zero-order chi connectivity index (χ0) is 40.7. The van der Waals surface area contributed by atoms with Gasteiger partial charge in [0.1, 0.15) is 0 Å². The maximum Gasteiger partial charge on any atom is 0.339 e. The maximum atomic E-state index is 13.1. The number of hydrogen-bond acceptors (Lipinski definition) is 11. The molecule has 0 amide bonds. The van der Waals surface area contributed by atoms with Crippen molar-refractivity contribution in [3.63, 3.8) is 0 Å². The number of aliphatic carboxylic acids is 1. The highest BCUT2D eigenvalue weighted by Crippen LogP contribution is 2.76. The number of fused-ring (bicyclic) bond motifs is 7. The summed E-state index contributed by atoms with van der Waals surface area (Å²) in [5.74, 6) is -3.04. The summed E-state index contributed by atoms with van der Waals surface area (Å²) in [5.41, 5.74) is 0.193. The predicted molar refractivity (Wildman–Crippen MR) is 199 cm³/mol. The van der Waals surface area contributed by atoms with Crippen molar-refractivity contribution in [1.82, 2.24) is 0 Å². The SMILES string of the molecule is COC(=O)[C@H]1OC(O[C@H]2CC[C@]3(C)[C@H]4CC=C5[C@@H]6CC(C)(C)CC[C@]6(C(=O)O)CC[C@@]5(C)[C@]4(C)CC[C@H]3C2(C)C)[C@H](OC(C)=O)[C@@H](OC(C)=O)[C@@H]1OC(C)=O. The van der Waals surface area contributed by atoms with E-state index < -0.39 is 77.5 Å². The second-order valence-electron chi connectivity index (χ2n) is 19.8. The van der Waals surface area contributed by atoms with E-state index in [1.807, 2.05) is 0 Å². The number of methoxy groups -OCH3 is 1. The van der Waals surface area contributed by atoms with Gasteiger partial charge in [-0.1, -0.05) is 60.1 Å². The van der Waals surface area contributed by atoms with Crippen LogP contribution < -0.4 is 0 Å². The molecule has 5 fully saturated rings. The molecule has 1 heterocycles. The third kappa shape index (κ3) is 6.62. The fraction of sp³-hybridized carbons (Fsp3) is 0.837. The van der Waals surface area contributed by atoms with Crippen molar-refractivity contribution in [3.8, 4) is 0 Å². The molecule has 1 aliphatic heterocycles. The number of ether oxygens (including phenoxy) is 6. The molecule has 0 radical (unpaired) electrons. The van der Waals surface area contributed by atoms with Crippen LogP contribution in [0.2, 0.25) is 0 Å². The molecule has 0 bridgehead atoms. The first-order valence-electron chi connectivity index (χ1n) is 20.3. The molecule has 1 N–H and O–H groups in total. The number of rotatable bonds is 7. The van der Waals surface area contributed by atoms with Gasteiger partial charge in [0.2, 0.25) is 0 Å². The Morgan fingerprint density at radius 2 is 1.35 bits per heavy atom. The quantitative estimate of drug-likeness (QED) is 0.123. The molecule has 0 spiro atoms. The van der Waals surface area contributed by atoms with E-state index in [9.17, 15) is 29.1 Å². The summed E-state index contributed by atoms with van der Waals surface area (Å²) in [4.78, 5) is 63.2. The Hall–Kier alpha value is -2.99. The molecule has 1 unspecified atom stereocenters. The van der Waals surface area contributed by atoms with Crippen LogP contribution in [0.5, 0.6) is 0 Å². The molecule has 308 valence electrons. The Labute approximate surface area is 326 Å². The summed E-state index contributed by atoms with van der Waals surface area (Å²) < 4.78 is 34.8. The lowest BCUT2D eigenvalue weighted by Gasteiger charge is -2.71. The van der Waals surface area contributed by atoms with Gasteiger partial charge in [0.25, 0.3) is 0 Å². The predicted octanol–water partition coefficient (Wildman–Crippen LogP) is 6.95. The molecular weight excluding hydrogens is 708 g/mol. The van der Waals surface area contributed by atoms with E-state index in [1.54, 1.807) is 0 Å². The number of carbonyl (C=O) groups is 5. The molecule has 13 atom stereocenters. The average Bonchev–Trinajstić information content (AvgIpc) is 3.07. The van der Waals surface area contributed by atoms with Crippen LogP contribution in [-0.4, -0.2) is 78.9 Å². The van der Waals surface area contributed by atoms with Gasteiger partial charge in [-0.15, -0.1) is 0 Å². The van der Waals surface area contributed by atoms with E-state index in [2.05, 4.69) is 54.5 Å². The lowest BCUT2D eigenvalue weighted by molar-refractivity contribution is -0.327. The minimum atomic E-state index is -1.52. The van der Waals surface area contributed by atoms with Crippen molar-refractivity contribution in [2.75, 3.05) is 7.11 Å². The number of carboxylic acid groups (broad SMARTS) is 1. The van der Waals surface area contributed by atoms with E-state index in [-0.39, 0.29) is 33.5 Å². The molecular formula is C43H64O12. The molecule has 0 aromatic heterocycles. The number of hydrogen-bond donors (Lipinski definition) is 1.